The minimum atomic E-state index is -5.22. The van der Waals surface area contributed by atoms with Gasteiger partial charge in [-0.25, -0.2) is 0 Å². The average Bonchev–Trinajstić information content (AvgIpc) is 3.16. The number of alkyl halides is 6. The highest BCUT2D eigenvalue weighted by atomic mass is 19.4. The van der Waals surface area contributed by atoms with Crippen LogP contribution >= 0.6 is 0 Å². The van der Waals surface area contributed by atoms with Crippen molar-refractivity contribution in [2.24, 2.45) is 17.8 Å². The van der Waals surface area contributed by atoms with Crippen molar-refractivity contribution in [3.05, 3.63) is 40.5 Å². The van der Waals surface area contributed by atoms with Crippen LogP contribution in [0.2, 0.25) is 0 Å². The topological polar surface area (TPSA) is 156 Å². The van der Waals surface area contributed by atoms with Gasteiger partial charge in [-0.3, -0.25) is 19.0 Å². The minimum absolute atomic E-state index is 0.0143. The van der Waals surface area contributed by atoms with Gasteiger partial charge in [-0.2, -0.15) is 26.3 Å². The fourth-order valence-electron chi connectivity index (χ4n) is 4.63. The van der Waals surface area contributed by atoms with Gasteiger partial charge < -0.3 is 29.9 Å². The summed E-state index contributed by atoms with van der Waals surface area (Å²) < 4.78 is 91.5. The largest absolute Gasteiger partial charge is 0.494 e. The molecule has 3 unspecified atom stereocenters. The molecule has 0 amide bonds. The molecule has 0 fully saturated rings. The zero-order chi connectivity index (χ0) is 34.3. The first-order valence-electron chi connectivity index (χ1n) is 13.9. The molecule has 1 heterocycles. The monoisotopic (exact) mass is 655 g/mol. The highest BCUT2D eigenvalue weighted by Gasteiger charge is 2.39. The molecule has 2 rings (SSSR count). The molecule has 1 aromatic heterocycles. The van der Waals surface area contributed by atoms with Crippen LogP contribution in [0.3, 0.4) is 0 Å². The van der Waals surface area contributed by atoms with Crippen LogP contribution in [-0.2, 0) is 42.6 Å². The van der Waals surface area contributed by atoms with E-state index in [0.29, 0.717) is 29.5 Å². The second-order valence-corrected chi connectivity index (χ2v) is 10.6. The molecule has 0 saturated carbocycles. The van der Waals surface area contributed by atoms with Crippen molar-refractivity contribution in [2.45, 2.75) is 65.2 Å². The molecule has 0 aliphatic rings. The standard InChI is InChI=1S/C29H35F6NO9/c1-4-5-7-44-26(42)17(9-15(2)25(40)41)10-18(27(43)45-8-6-37)11-22-16(3)23(38)36(24(22)39)21-13-19(28(30,31)32)12-20(14-21)29(33,34)35/h12-15,17-18,37-39H,4-11H2,1-3H3,(H,40,41). The third-order valence-corrected chi connectivity index (χ3v) is 7.14. The number of benzene rings is 1. The summed E-state index contributed by atoms with van der Waals surface area (Å²) in [6, 6.07) is 0.459. The lowest BCUT2D eigenvalue weighted by Gasteiger charge is -2.23. The fraction of sp³-hybridized carbons (Fsp3) is 0.552. The lowest BCUT2D eigenvalue weighted by molar-refractivity contribution is -0.154. The van der Waals surface area contributed by atoms with E-state index < -0.39 is 103 Å². The number of aliphatic carboxylic acids is 1. The van der Waals surface area contributed by atoms with Crippen LogP contribution in [0.15, 0.2) is 18.2 Å². The third-order valence-electron chi connectivity index (χ3n) is 7.14. The molecule has 1 aromatic carbocycles. The maximum atomic E-state index is 13.5. The van der Waals surface area contributed by atoms with Crippen LogP contribution in [-0.4, -0.2) is 62.7 Å². The van der Waals surface area contributed by atoms with Crippen molar-refractivity contribution in [3.8, 4) is 17.4 Å². The van der Waals surface area contributed by atoms with Crippen LogP contribution in [0.25, 0.3) is 5.69 Å². The quantitative estimate of drug-likeness (QED) is 0.112. The Kier molecular flexibility index (Phi) is 12.7. The Labute approximate surface area is 254 Å². The van der Waals surface area contributed by atoms with Gasteiger partial charge in [-0.1, -0.05) is 20.3 Å². The predicted molar refractivity (Wildman–Crippen MR) is 144 cm³/mol. The fourth-order valence-corrected chi connectivity index (χ4v) is 4.63. The highest BCUT2D eigenvalue weighted by molar-refractivity contribution is 5.77. The number of esters is 2. The zero-order valence-electron chi connectivity index (χ0n) is 24.7. The average molecular weight is 656 g/mol. The second kappa shape index (κ2) is 15.4. The molecule has 16 heteroatoms. The summed E-state index contributed by atoms with van der Waals surface area (Å²) in [5, 5.41) is 40.3. The van der Waals surface area contributed by atoms with Crippen LogP contribution in [0.5, 0.6) is 11.8 Å². The molecule has 0 spiro atoms. The Hall–Kier alpha value is -3.95. The number of carboxylic acids is 1. The molecular formula is C29H35F6NO9. The zero-order valence-corrected chi connectivity index (χ0v) is 24.7. The van der Waals surface area contributed by atoms with Gasteiger partial charge in [0, 0.05) is 11.1 Å². The molecule has 45 heavy (non-hydrogen) atoms. The summed E-state index contributed by atoms with van der Waals surface area (Å²) in [5.74, 6) is -8.60. The molecule has 0 aliphatic carbocycles. The number of nitrogens with zero attached hydrogens (tertiary/aromatic N) is 1. The Morgan fingerprint density at radius 1 is 0.867 bits per heavy atom. The van der Waals surface area contributed by atoms with E-state index in [1.54, 1.807) is 0 Å². The second-order valence-electron chi connectivity index (χ2n) is 10.6. The van der Waals surface area contributed by atoms with Crippen LogP contribution < -0.4 is 0 Å². The molecule has 10 nitrogen and oxygen atoms in total. The lowest BCUT2D eigenvalue weighted by Crippen LogP contribution is -2.30. The van der Waals surface area contributed by atoms with Crippen molar-refractivity contribution in [2.75, 3.05) is 19.8 Å². The van der Waals surface area contributed by atoms with Crippen LogP contribution in [0, 0.1) is 24.7 Å². The van der Waals surface area contributed by atoms with Gasteiger partial charge in [0.2, 0.25) is 11.8 Å². The van der Waals surface area contributed by atoms with Gasteiger partial charge in [-0.05, 0) is 50.8 Å². The first-order chi connectivity index (χ1) is 20.8. The van der Waals surface area contributed by atoms with E-state index in [4.69, 9.17) is 14.6 Å². The minimum Gasteiger partial charge on any atom is -0.494 e. The normalized spacial score (nSPS) is 14.1. The number of aliphatic hydroxyl groups excluding tert-OH is 1. The first kappa shape index (κ1) is 37.2. The highest BCUT2D eigenvalue weighted by Crippen LogP contribution is 2.42. The van der Waals surface area contributed by atoms with Crippen molar-refractivity contribution in [3.63, 3.8) is 0 Å². The summed E-state index contributed by atoms with van der Waals surface area (Å²) in [7, 11) is 0. The molecular weight excluding hydrogens is 620 g/mol. The summed E-state index contributed by atoms with van der Waals surface area (Å²) >= 11 is 0. The van der Waals surface area contributed by atoms with E-state index in [1.807, 2.05) is 6.92 Å². The molecule has 0 radical (unpaired) electrons. The van der Waals surface area contributed by atoms with Crippen molar-refractivity contribution in [1.29, 1.82) is 0 Å². The van der Waals surface area contributed by atoms with Gasteiger partial charge in [0.1, 0.15) is 6.61 Å². The number of aromatic nitrogens is 1. The summed E-state index contributed by atoms with van der Waals surface area (Å²) in [6.07, 6.45) is -10.5. The van der Waals surface area contributed by atoms with Crippen LogP contribution in [0.1, 0.15) is 61.8 Å². The number of carboxylic acid groups (broad SMARTS) is 1. The predicted octanol–water partition coefficient (Wildman–Crippen LogP) is 5.39. The Bertz CT molecular complexity index is 1320. The maximum absolute atomic E-state index is 13.5. The number of carbonyl (C=O) groups is 3. The first-order valence-corrected chi connectivity index (χ1v) is 13.9. The number of unbranched alkanes of at least 4 members (excludes halogenated alkanes) is 1. The van der Waals surface area contributed by atoms with E-state index in [9.17, 15) is 56.0 Å². The molecule has 0 saturated heterocycles. The summed E-state index contributed by atoms with van der Waals surface area (Å²) in [5.41, 5.74) is -4.77. The van der Waals surface area contributed by atoms with Gasteiger partial charge >= 0.3 is 30.3 Å². The number of carbonyl (C=O) groups excluding carboxylic acids is 2. The Morgan fingerprint density at radius 3 is 1.89 bits per heavy atom. The molecule has 0 bridgehead atoms. The molecule has 2 aromatic rings. The van der Waals surface area contributed by atoms with Gasteiger partial charge in [0.05, 0.1) is 47.8 Å². The number of ether oxygens (including phenoxy) is 2. The van der Waals surface area contributed by atoms with E-state index in [0.717, 1.165) is 0 Å². The van der Waals surface area contributed by atoms with E-state index in [1.165, 1.54) is 13.8 Å². The number of aromatic hydroxyl groups is 2. The van der Waals surface area contributed by atoms with Crippen LogP contribution in [0.4, 0.5) is 26.3 Å². The molecule has 3 atom stereocenters. The number of halogens is 6. The van der Waals surface area contributed by atoms with Crippen molar-refractivity contribution >= 4 is 17.9 Å². The van der Waals surface area contributed by atoms with E-state index in [2.05, 4.69) is 0 Å². The maximum Gasteiger partial charge on any atom is 0.416 e. The van der Waals surface area contributed by atoms with Gasteiger partial charge in [-0.15, -0.1) is 0 Å². The van der Waals surface area contributed by atoms with E-state index in [-0.39, 0.29) is 30.2 Å². The SMILES string of the molecule is CCCCOC(=O)C(CC(C)C(=O)O)CC(Cc1c(C)c(O)n(-c2cc(C(F)(F)F)cc(C(F)(F)F)c2)c1O)C(=O)OCCO. The molecule has 252 valence electrons. The molecule has 4 N–H and O–H groups in total. The van der Waals surface area contributed by atoms with Gasteiger partial charge in [0.15, 0.2) is 0 Å². The third kappa shape index (κ3) is 9.77. The Morgan fingerprint density at radius 2 is 1.40 bits per heavy atom. The summed E-state index contributed by atoms with van der Waals surface area (Å²) in [4.78, 5) is 37.5. The van der Waals surface area contributed by atoms with E-state index >= 15 is 0 Å². The van der Waals surface area contributed by atoms with Crippen molar-refractivity contribution < 1.29 is 70.6 Å². The number of hydrogen-bond acceptors (Lipinski definition) is 8. The van der Waals surface area contributed by atoms with Gasteiger partial charge in [0.25, 0.3) is 0 Å². The summed E-state index contributed by atoms with van der Waals surface area (Å²) in [6.45, 7) is 3.30. The molecule has 0 aliphatic heterocycles. The number of aliphatic hydroxyl groups is 1. The Balaban J connectivity index is 2.63. The number of rotatable bonds is 15. The number of hydrogen-bond donors (Lipinski definition) is 4. The van der Waals surface area contributed by atoms with Crippen molar-refractivity contribution in [1.82, 2.24) is 4.57 Å². The smallest absolute Gasteiger partial charge is 0.416 e. The lowest BCUT2D eigenvalue weighted by atomic mass is 9.84.